The first-order valence-electron chi connectivity index (χ1n) is 7.85. The van der Waals surface area contributed by atoms with Gasteiger partial charge in [0.15, 0.2) is 5.65 Å². The van der Waals surface area contributed by atoms with Gasteiger partial charge in [0.05, 0.1) is 0 Å². The number of rotatable bonds is 6. The number of hydrogen-bond acceptors (Lipinski definition) is 5. The number of nitrogens with zero attached hydrogens (tertiary/aromatic N) is 4. The summed E-state index contributed by atoms with van der Waals surface area (Å²) in [5.41, 5.74) is 1.20. The first-order valence-corrected chi connectivity index (χ1v) is 7.85. The highest BCUT2D eigenvalue weighted by molar-refractivity contribution is 5.94. The van der Waals surface area contributed by atoms with Gasteiger partial charge in [0.1, 0.15) is 12.1 Å². The summed E-state index contributed by atoms with van der Waals surface area (Å²) in [6.45, 7) is 4.91. The van der Waals surface area contributed by atoms with Gasteiger partial charge in [0, 0.05) is 18.2 Å². The molecule has 0 fully saturated rings. The quantitative estimate of drug-likeness (QED) is 0.753. The minimum atomic E-state index is -0.108. The highest BCUT2D eigenvalue weighted by Gasteiger charge is 2.08. The molecule has 0 radical (unpaired) electrons. The van der Waals surface area contributed by atoms with Crippen molar-refractivity contribution in [3.63, 3.8) is 0 Å². The van der Waals surface area contributed by atoms with Crippen LogP contribution in [0, 0.1) is 5.92 Å². The molecule has 0 bridgehead atoms. The fourth-order valence-electron chi connectivity index (χ4n) is 2.16. The Morgan fingerprint density at radius 2 is 2.17 bits per heavy atom. The van der Waals surface area contributed by atoms with Gasteiger partial charge in [0.25, 0.3) is 5.91 Å². The fourth-order valence-corrected chi connectivity index (χ4v) is 2.16. The van der Waals surface area contributed by atoms with Crippen LogP contribution in [0.4, 0.5) is 0 Å². The molecule has 1 amide bonds. The summed E-state index contributed by atoms with van der Waals surface area (Å²) < 4.78 is 7.25. The third-order valence-corrected chi connectivity index (χ3v) is 3.46. The summed E-state index contributed by atoms with van der Waals surface area (Å²) >= 11 is 0. The Hall–Kier alpha value is -2.96. The van der Waals surface area contributed by atoms with Crippen molar-refractivity contribution in [1.82, 2.24) is 25.1 Å². The molecule has 0 spiro atoms. The molecule has 0 saturated carbocycles. The number of benzene rings is 1. The lowest BCUT2D eigenvalue weighted by molar-refractivity contribution is 0.0951. The highest BCUT2D eigenvalue weighted by atomic mass is 16.5. The normalized spacial score (nSPS) is 11.0. The Bertz CT molecular complexity index is 844. The van der Waals surface area contributed by atoms with Gasteiger partial charge in [-0.15, -0.1) is 15.3 Å². The highest BCUT2D eigenvalue weighted by Crippen LogP contribution is 2.20. The molecule has 7 heteroatoms. The van der Waals surface area contributed by atoms with Crippen molar-refractivity contribution < 1.29 is 9.53 Å². The van der Waals surface area contributed by atoms with E-state index in [0.29, 0.717) is 35.3 Å². The zero-order valence-electron chi connectivity index (χ0n) is 13.6. The van der Waals surface area contributed by atoms with E-state index in [2.05, 4.69) is 34.5 Å². The lowest BCUT2D eigenvalue weighted by atomic mass is 10.1. The van der Waals surface area contributed by atoms with E-state index in [4.69, 9.17) is 4.74 Å². The van der Waals surface area contributed by atoms with Crippen LogP contribution in [0.1, 0.15) is 30.6 Å². The van der Waals surface area contributed by atoms with Crippen molar-refractivity contribution in [2.24, 2.45) is 5.92 Å². The number of amides is 1. The van der Waals surface area contributed by atoms with Crippen molar-refractivity contribution >= 4 is 11.6 Å². The van der Waals surface area contributed by atoms with Crippen LogP contribution in [-0.4, -0.2) is 32.3 Å². The van der Waals surface area contributed by atoms with Gasteiger partial charge >= 0.3 is 0 Å². The van der Waals surface area contributed by atoms with E-state index in [9.17, 15) is 4.79 Å². The van der Waals surface area contributed by atoms with Crippen LogP contribution in [0.3, 0.4) is 0 Å². The zero-order chi connectivity index (χ0) is 16.9. The van der Waals surface area contributed by atoms with Crippen LogP contribution in [0.25, 0.3) is 5.65 Å². The molecule has 1 N–H and O–H groups in total. The van der Waals surface area contributed by atoms with E-state index in [0.717, 1.165) is 6.42 Å². The van der Waals surface area contributed by atoms with Crippen LogP contribution < -0.4 is 10.1 Å². The summed E-state index contributed by atoms with van der Waals surface area (Å²) in [7, 11) is 0. The molecule has 1 aromatic carbocycles. The number of ether oxygens (including phenoxy) is 1. The molecule has 0 unspecified atom stereocenters. The second-order valence-corrected chi connectivity index (χ2v) is 5.87. The lowest BCUT2D eigenvalue weighted by Gasteiger charge is -2.09. The van der Waals surface area contributed by atoms with Crippen molar-refractivity contribution in [3.05, 3.63) is 48.3 Å². The molecule has 0 aliphatic carbocycles. The van der Waals surface area contributed by atoms with E-state index in [1.54, 1.807) is 36.4 Å². The van der Waals surface area contributed by atoms with Crippen LogP contribution in [0.15, 0.2) is 42.7 Å². The summed E-state index contributed by atoms with van der Waals surface area (Å²) in [4.78, 5) is 12.2. The third kappa shape index (κ3) is 3.87. The maximum Gasteiger partial charge on any atom is 0.251 e. The molecule has 0 aliphatic heterocycles. The van der Waals surface area contributed by atoms with Crippen LogP contribution in [-0.2, 0) is 0 Å². The smallest absolute Gasteiger partial charge is 0.251 e. The van der Waals surface area contributed by atoms with Gasteiger partial charge in [-0.25, -0.2) is 0 Å². The fraction of sp³-hybridized carbons (Fsp3) is 0.294. The summed E-state index contributed by atoms with van der Waals surface area (Å²) in [6.07, 6.45) is 2.45. The van der Waals surface area contributed by atoms with Gasteiger partial charge in [-0.2, -0.15) is 4.52 Å². The Balaban J connectivity index is 1.69. The molecule has 0 atom stereocenters. The number of carbonyl (C=O) groups is 1. The number of aromatic nitrogens is 4. The largest absolute Gasteiger partial charge is 0.438 e. The van der Waals surface area contributed by atoms with Crippen molar-refractivity contribution in [2.45, 2.75) is 20.3 Å². The summed E-state index contributed by atoms with van der Waals surface area (Å²) in [5, 5.41) is 14.8. The van der Waals surface area contributed by atoms with Crippen molar-refractivity contribution in [1.29, 1.82) is 0 Å². The second-order valence-electron chi connectivity index (χ2n) is 5.87. The molecule has 124 valence electrons. The number of hydrogen-bond donors (Lipinski definition) is 1. The molecule has 0 aliphatic rings. The number of nitrogens with one attached hydrogen (secondary N) is 1. The standard InChI is InChI=1S/C17H19N5O2/c1-12(2)8-9-18-17(23)13-4-3-5-14(10-13)24-16-7-6-15-20-19-11-22(15)21-16/h3-7,10-12H,8-9H2,1-2H3,(H,18,23). The van der Waals surface area contributed by atoms with Gasteiger partial charge in [0.2, 0.25) is 5.88 Å². The van der Waals surface area contributed by atoms with Gasteiger partial charge in [-0.3, -0.25) is 4.79 Å². The predicted octanol–water partition coefficient (Wildman–Crippen LogP) is 2.69. The van der Waals surface area contributed by atoms with E-state index >= 15 is 0 Å². The van der Waals surface area contributed by atoms with E-state index in [1.165, 1.54) is 10.8 Å². The summed E-state index contributed by atoms with van der Waals surface area (Å²) in [6, 6.07) is 10.5. The number of fused-ring (bicyclic) bond motifs is 1. The first-order chi connectivity index (χ1) is 11.6. The van der Waals surface area contributed by atoms with E-state index in [-0.39, 0.29) is 5.91 Å². The average molecular weight is 325 g/mol. The second kappa shape index (κ2) is 7.08. The average Bonchev–Trinajstić information content (AvgIpc) is 3.02. The minimum absolute atomic E-state index is 0.108. The molecule has 3 aromatic rings. The molecule has 0 saturated heterocycles. The molecular weight excluding hydrogens is 306 g/mol. The van der Waals surface area contributed by atoms with Crippen molar-refractivity contribution in [2.75, 3.05) is 6.54 Å². The van der Waals surface area contributed by atoms with E-state index in [1.807, 2.05) is 0 Å². The topological polar surface area (TPSA) is 81.4 Å². The molecule has 24 heavy (non-hydrogen) atoms. The Morgan fingerprint density at radius 3 is 3.00 bits per heavy atom. The van der Waals surface area contributed by atoms with Gasteiger partial charge in [-0.05, 0) is 36.6 Å². The molecule has 3 rings (SSSR count). The maximum absolute atomic E-state index is 12.2. The molecular formula is C17H19N5O2. The van der Waals surface area contributed by atoms with Gasteiger partial charge in [-0.1, -0.05) is 19.9 Å². The van der Waals surface area contributed by atoms with Crippen molar-refractivity contribution in [3.8, 4) is 11.6 Å². The number of carbonyl (C=O) groups excluding carboxylic acids is 1. The molecule has 7 nitrogen and oxygen atoms in total. The maximum atomic E-state index is 12.2. The summed E-state index contributed by atoms with van der Waals surface area (Å²) in [5.74, 6) is 1.40. The van der Waals surface area contributed by atoms with Crippen LogP contribution >= 0.6 is 0 Å². The Kier molecular flexibility index (Phi) is 4.69. The third-order valence-electron chi connectivity index (χ3n) is 3.46. The molecule has 2 aromatic heterocycles. The molecule has 2 heterocycles. The predicted molar refractivity (Wildman–Crippen MR) is 89.1 cm³/mol. The first kappa shape index (κ1) is 15.9. The minimum Gasteiger partial charge on any atom is -0.438 e. The SMILES string of the molecule is CC(C)CCNC(=O)c1cccc(Oc2ccc3nncn3n2)c1. The van der Waals surface area contributed by atoms with Crippen LogP contribution in [0.2, 0.25) is 0 Å². The lowest BCUT2D eigenvalue weighted by Crippen LogP contribution is -2.25. The zero-order valence-corrected chi connectivity index (χ0v) is 13.6. The van der Waals surface area contributed by atoms with Crippen LogP contribution in [0.5, 0.6) is 11.6 Å². The monoisotopic (exact) mass is 325 g/mol. The Morgan fingerprint density at radius 1 is 1.29 bits per heavy atom. The van der Waals surface area contributed by atoms with E-state index < -0.39 is 0 Å². The Labute approximate surface area is 139 Å². The van der Waals surface area contributed by atoms with Gasteiger partial charge < -0.3 is 10.1 Å².